The van der Waals surface area contributed by atoms with Crippen molar-refractivity contribution in [3.63, 3.8) is 0 Å². The zero-order valence-electron chi connectivity index (χ0n) is 18.5. The van der Waals surface area contributed by atoms with Gasteiger partial charge in [0, 0.05) is 37.1 Å². The highest BCUT2D eigenvalue weighted by atomic mass is 127. The van der Waals surface area contributed by atoms with E-state index < -0.39 is 0 Å². The Balaban J connectivity index is 0.00000450. The van der Waals surface area contributed by atoms with Crippen LogP contribution in [-0.2, 0) is 12.8 Å². The van der Waals surface area contributed by atoms with E-state index in [1.54, 1.807) is 11.3 Å². The summed E-state index contributed by atoms with van der Waals surface area (Å²) in [6, 6.07) is 6.15. The van der Waals surface area contributed by atoms with Crippen LogP contribution in [0.3, 0.4) is 0 Å². The second-order valence-electron chi connectivity index (χ2n) is 6.57. The standard InChI is InChI=1S/C22H34N4O2S.HI/c1-5-23-22(24-13-8-9-21-26-17(4)16-29-21)25-14-12-18-10-11-19(27-6-2)20(15-18)28-7-3;/h10-11,15-16H,5-9,12-14H2,1-4H3,(H2,23,24,25);1H. The van der Waals surface area contributed by atoms with E-state index in [9.17, 15) is 0 Å². The Bertz CT molecular complexity index is 767. The molecule has 1 aromatic heterocycles. The van der Waals surface area contributed by atoms with E-state index in [0.29, 0.717) is 13.2 Å². The van der Waals surface area contributed by atoms with Gasteiger partial charge in [-0.1, -0.05) is 6.07 Å². The Kier molecular flexibility index (Phi) is 13.5. The van der Waals surface area contributed by atoms with Crippen molar-refractivity contribution in [1.29, 1.82) is 0 Å². The zero-order valence-corrected chi connectivity index (χ0v) is 21.6. The number of nitrogens with zero attached hydrogens (tertiary/aromatic N) is 2. The number of aliphatic imine (C=N–C) groups is 1. The Morgan fingerprint density at radius 2 is 1.83 bits per heavy atom. The molecule has 30 heavy (non-hydrogen) atoms. The largest absolute Gasteiger partial charge is 0.490 e. The fourth-order valence-electron chi connectivity index (χ4n) is 2.86. The summed E-state index contributed by atoms with van der Waals surface area (Å²) in [4.78, 5) is 9.18. The highest BCUT2D eigenvalue weighted by Gasteiger charge is 2.06. The fourth-order valence-corrected chi connectivity index (χ4v) is 3.67. The van der Waals surface area contributed by atoms with Crippen LogP contribution in [-0.4, -0.2) is 43.8 Å². The van der Waals surface area contributed by atoms with Gasteiger partial charge >= 0.3 is 0 Å². The predicted octanol–water partition coefficient (Wildman–Crippen LogP) is 4.60. The molecular formula is C22H35IN4O2S. The molecule has 1 heterocycles. The molecule has 0 atom stereocenters. The summed E-state index contributed by atoms with van der Waals surface area (Å²) in [6.45, 7) is 11.8. The second-order valence-corrected chi connectivity index (χ2v) is 7.51. The zero-order chi connectivity index (χ0) is 20.9. The van der Waals surface area contributed by atoms with Crippen molar-refractivity contribution in [2.45, 2.75) is 47.0 Å². The topological polar surface area (TPSA) is 67.8 Å². The first-order valence-corrected chi connectivity index (χ1v) is 11.4. The molecule has 1 aromatic carbocycles. The lowest BCUT2D eigenvalue weighted by Crippen LogP contribution is -2.38. The SMILES string of the molecule is CCNC(=NCCCc1nc(C)cs1)NCCc1ccc(OCC)c(OCC)c1.I. The molecule has 2 N–H and O–H groups in total. The molecule has 0 unspecified atom stereocenters. The summed E-state index contributed by atoms with van der Waals surface area (Å²) in [7, 11) is 0. The molecule has 0 spiro atoms. The van der Waals surface area contributed by atoms with Crippen LogP contribution in [0.1, 0.15) is 43.5 Å². The van der Waals surface area contributed by atoms with Crippen LogP contribution < -0.4 is 20.1 Å². The van der Waals surface area contributed by atoms with Gasteiger partial charge in [-0.05, 0) is 58.2 Å². The number of benzene rings is 1. The lowest BCUT2D eigenvalue weighted by Gasteiger charge is -2.14. The number of nitrogens with one attached hydrogen (secondary N) is 2. The summed E-state index contributed by atoms with van der Waals surface area (Å²) >= 11 is 1.73. The molecule has 8 heteroatoms. The Morgan fingerprint density at radius 3 is 2.50 bits per heavy atom. The average Bonchev–Trinajstić information content (AvgIpc) is 3.12. The Labute approximate surface area is 201 Å². The maximum atomic E-state index is 5.71. The normalized spacial score (nSPS) is 11.0. The molecule has 0 aliphatic carbocycles. The number of halogens is 1. The quantitative estimate of drug-likeness (QED) is 0.176. The van der Waals surface area contributed by atoms with Crippen LogP contribution in [0.2, 0.25) is 0 Å². The predicted molar refractivity (Wildman–Crippen MR) is 137 cm³/mol. The van der Waals surface area contributed by atoms with Crippen molar-refractivity contribution in [1.82, 2.24) is 15.6 Å². The van der Waals surface area contributed by atoms with Gasteiger partial charge in [0.15, 0.2) is 17.5 Å². The van der Waals surface area contributed by atoms with E-state index in [0.717, 1.165) is 62.0 Å². The van der Waals surface area contributed by atoms with Crippen LogP contribution in [0.25, 0.3) is 0 Å². The molecule has 0 radical (unpaired) electrons. The van der Waals surface area contributed by atoms with E-state index in [2.05, 4.69) is 45.0 Å². The molecule has 2 aromatic rings. The molecule has 168 valence electrons. The van der Waals surface area contributed by atoms with E-state index >= 15 is 0 Å². The fraction of sp³-hybridized carbons (Fsp3) is 0.545. The van der Waals surface area contributed by atoms with Crippen molar-refractivity contribution >= 4 is 41.3 Å². The van der Waals surface area contributed by atoms with E-state index in [4.69, 9.17) is 9.47 Å². The molecule has 0 aliphatic heterocycles. The van der Waals surface area contributed by atoms with Crippen LogP contribution in [0.15, 0.2) is 28.6 Å². The minimum Gasteiger partial charge on any atom is -0.490 e. The number of thiazole rings is 1. The van der Waals surface area contributed by atoms with Gasteiger partial charge in [0.05, 0.1) is 18.2 Å². The van der Waals surface area contributed by atoms with Crippen LogP contribution in [0.4, 0.5) is 0 Å². The van der Waals surface area contributed by atoms with Gasteiger partial charge in [-0.2, -0.15) is 0 Å². The maximum Gasteiger partial charge on any atom is 0.191 e. The van der Waals surface area contributed by atoms with Crippen LogP contribution in [0, 0.1) is 6.92 Å². The first-order chi connectivity index (χ1) is 14.2. The molecule has 6 nitrogen and oxygen atoms in total. The third kappa shape index (κ3) is 9.51. The lowest BCUT2D eigenvalue weighted by atomic mass is 10.1. The summed E-state index contributed by atoms with van der Waals surface area (Å²) < 4.78 is 11.3. The minimum atomic E-state index is 0. The second kappa shape index (κ2) is 15.3. The van der Waals surface area contributed by atoms with Gasteiger partial charge < -0.3 is 20.1 Å². The molecule has 0 bridgehead atoms. The van der Waals surface area contributed by atoms with E-state index in [-0.39, 0.29) is 24.0 Å². The minimum absolute atomic E-state index is 0. The Morgan fingerprint density at radius 1 is 1.07 bits per heavy atom. The van der Waals surface area contributed by atoms with Gasteiger partial charge in [-0.3, -0.25) is 4.99 Å². The van der Waals surface area contributed by atoms with Gasteiger partial charge in [0.2, 0.25) is 0 Å². The molecule has 0 fully saturated rings. The number of rotatable bonds is 12. The third-order valence-corrected chi connectivity index (χ3v) is 5.17. The maximum absolute atomic E-state index is 5.71. The molecule has 0 saturated carbocycles. The van der Waals surface area contributed by atoms with Crippen LogP contribution in [0.5, 0.6) is 11.5 Å². The van der Waals surface area contributed by atoms with E-state index in [1.807, 2.05) is 26.8 Å². The number of aromatic nitrogens is 1. The van der Waals surface area contributed by atoms with Crippen molar-refractivity contribution in [2.24, 2.45) is 4.99 Å². The third-order valence-electron chi connectivity index (χ3n) is 4.14. The average molecular weight is 547 g/mol. The molecular weight excluding hydrogens is 511 g/mol. The number of ether oxygens (including phenoxy) is 2. The number of hydrogen-bond donors (Lipinski definition) is 2. The molecule has 0 aliphatic rings. The summed E-state index contributed by atoms with van der Waals surface area (Å²) in [5.41, 5.74) is 2.31. The Hall–Kier alpha value is -1.55. The lowest BCUT2D eigenvalue weighted by molar-refractivity contribution is 0.287. The monoisotopic (exact) mass is 546 g/mol. The molecule has 0 saturated heterocycles. The van der Waals surface area contributed by atoms with Crippen molar-refractivity contribution < 1.29 is 9.47 Å². The van der Waals surface area contributed by atoms with Crippen LogP contribution >= 0.6 is 35.3 Å². The van der Waals surface area contributed by atoms with Crippen molar-refractivity contribution in [3.05, 3.63) is 39.8 Å². The highest BCUT2D eigenvalue weighted by Crippen LogP contribution is 2.28. The van der Waals surface area contributed by atoms with Gasteiger partial charge in [-0.15, -0.1) is 35.3 Å². The van der Waals surface area contributed by atoms with Crippen molar-refractivity contribution in [2.75, 3.05) is 32.8 Å². The first kappa shape index (κ1) is 26.5. The molecule has 0 amide bonds. The highest BCUT2D eigenvalue weighted by molar-refractivity contribution is 14.0. The van der Waals surface area contributed by atoms with E-state index in [1.165, 1.54) is 10.6 Å². The summed E-state index contributed by atoms with van der Waals surface area (Å²) in [6.07, 6.45) is 2.86. The van der Waals surface area contributed by atoms with Gasteiger partial charge in [-0.25, -0.2) is 4.98 Å². The van der Waals surface area contributed by atoms with Crippen molar-refractivity contribution in [3.8, 4) is 11.5 Å². The first-order valence-electron chi connectivity index (χ1n) is 10.5. The molecule has 2 rings (SSSR count). The van der Waals surface area contributed by atoms with Gasteiger partial charge in [0.25, 0.3) is 0 Å². The number of hydrogen-bond acceptors (Lipinski definition) is 5. The number of guanidine groups is 1. The number of aryl methyl sites for hydroxylation is 2. The smallest absolute Gasteiger partial charge is 0.191 e. The summed E-state index contributed by atoms with van der Waals surface area (Å²) in [5.74, 6) is 2.47. The summed E-state index contributed by atoms with van der Waals surface area (Å²) in [5, 5.41) is 10.0. The van der Waals surface area contributed by atoms with Gasteiger partial charge in [0.1, 0.15) is 0 Å².